The lowest BCUT2D eigenvalue weighted by Crippen LogP contribution is -2.06. The SMILES string of the molecule is FCCCc1c(Br)cccc1C1=CCOCC1. The highest BCUT2D eigenvalue weighted by Crippen LogP contribution is 2.30. The quantitative estimate of drug-likeness (QED) is 0.811. The first kappa shape index (κ1) is 12.8. The summed E-state index contributed by atoms with van der Waals surface area (Å²) in [6.07, 6.45) is 4.44. The Kier molecular flexibility index (Phi) is 4.75. The molecule has 0 aliphatic carbocycles. The van der Waals surface area contributed by atoms with E-state index in [4.69, 9.17) is 4.74 Å². The van der Waals surface area contributed by atoms with Gasteiger partial charge in [0.1, 0.15) is 0 Å². The number of ether oxygens (including phenoxy) is 1. The van der Waals surface area contributed by atoms with Gasteiger partial charge in [-0.3, -0.25) is 4.39 Å². The highest BCUT2D eigenvalue weighted by atomic mass is 79.9. The first-order valence-electron chi connectivity index (χ1n) is 5.93. The summed E-state index contributed by atoms with van der Waals surface area (Å²) in [6, 6.07) is 6.18. The van der Waals surface area contributed by atoms with Crippen molar-refractivity contribution in [2.45, 2.75) is 19.3 Å². The molecule has 17 heavy (non-hydrogen) atoms. The molecule has 1 nitrogen and oxygen atoms in total. The van der Waals surface area contributed by atoms with Crippen molar-refractivity contribution in [1.82, 2.24) is 0 Å². The number of benzene rings is 1. The zero-order valence-corrected chi connectivity index (χ0v) is 11.3. The third kappa shape index (κ3) is 3.17. The maximum absolute atomic E-state index is 12.3. The molecule has 0 fully saturated rings. The number of rotatable bonds is 4. The maximum atomic E-state index is 12.3. The molecule has 1 aromatic carbocycles. The van der Waals surface area contributed by atoms with E-state index in [9.17, 15) is 4.39 Å². The molecule has 0 unspecified atom stereocenters. The molecule has 1 heterocycles. The van der Waals surface area contributed by atoms with E-state index in [1.807, 2.05) is 12.1 Å². The van der Waals surface area contributed by atoms with E-state index in [1.54, 1.807) is 0 Å². The fourth-order valence-corrected chi connectivity index (χ4v) is 2.69. The smallest absolute Gasteiger partial charge is 0.0897 e. The van der Waals surface area contributed by atoms with Crippen molar-refractivity contribution >= 4 is 21.5 Å². The Morgan fingerprint density at radius 3 is 2.94 bits per heavy atom. The van der Waals surface area contributed by atoms with Crippen LogP contribution in [0.2, 0.25) is 0 Å². The van der Waals surface area contributed by atoms with E-state index in [0.717, 1.165) is 23.9 Å². The zero-order valence-electron chi connectivity index (χ0n) is 9.72. The summed E-state index contributed by atoms with van der Waals surface area (Å²) in [7, 11) is 0. The Morgan fingerprint density at radius 1 is 1.35 bits per heavy atom. The molecule has 0 amide bonds. The van der Waals surface area contributed by atoms with Crippen LogP contribution in [-0.4, -0.2) is 19.9 Å². The molecule has 0 bridgehead atoms. The van der Waals surface area contributed by atoms with Crippen molar-refractivity contribution in [2.75, 3.05) is 19.9 Å². The van der Waals surface area contributed by atoms with Crippen molar-refractivity contribution in [3.05, 3.63) is 39.9 Å². The maximum Gasteiger partial charge on any atom is 0.0897 e. The van der Waals surface area contributed by atoms with Gasteiger partial charge in [-0.25, -0.2) is 0 Å². The van der Waals surface area contributed by atoms with Gasteiger partial charge in [-0.2, -0.15) is 0 Å². The van der Waals surface area contributed by atoms with Gasteiger partial charge in [-0.1, -0.05) is 34.1 Å². The lowest BCUT2D eigenvalue weighted by Gasteiger charge is -2.18. The minimum atomic E-state index is -0.261. The van der Waals surface area contributed by atoms with Gasteiger partial charge in [-0.15, -0.1) is 0 Å². The van der Waals surface area contributed by atoms with Gasteiger partial charge in [0.15, 0.2) is 0 Å². The average Bonchev–Trinajstić information content (AvgIpc) is 2.38. The number of hydrogen-bond acceptors (Lipinski definition) is 1. The van der Waals surface area contributed by atoms with Crippen molar-refractivity contribution in [3.8, 4) is 0 Å². The van der Waals surface area contributed by atoms with Crippen molar-refractivity contribution in [1.29, 1.82) is 0 Å². The molecule has 0 saturated heterocycles. The Balaban J connectivity index is 2.31. The zero-order chi connectivity index (χ0) is 12.1. The monoisotopic (exact) mass is 298 g/mol. The second kappa shape index (κ2) is 6.31. The van der Waals surface area contributed by atoms with E-state index in [-0.39, 0.29) is 6.67 Å². The Morgan fingerprint density at radius 2 is 2.24 bits per heavy atom. The van der Waals surface area contributed by atoms with Gasteiger partial charge in [0.2, 0.25) is 0 Å². The van der Waals surface area contributed by atoms with Crippen LogP contribution in [0, 0.1) is 0 Å². The molecule has 0 N–H and O–H groups in total. The molecule has 0 saturated carbocycles. The van der Waals surface area contributed by atoms with E-state index in [2.05, 4.69) is 28.1 Å². The molecule has 1 aliphatic rings. The summed E-state index contributed by atoms with van der Waals surface area (Å²) >= 11 is 3.56. The lowest BCUT2D eigenvalue weighted by atomic mass is 9.94. The first-order valence-corrected chi connectivity index (χ1v) is 6.72. The summed E-state index contributed by atoms with van der Waals surface area (Å²) in [4.78, 5) is 0. The Labute approximate surface area is 110 Å². The summed E-state index contributed by atoms with van der Waals surface area (Å²) in [5.74, 6) is 0. The standard InChI is InChI=1S/C14H16BrFO/c15-14-5-1-3-12(13(14)4-2-8-16)11-6-9-17-10-7-11/h1,3,5-6H,2,4,7-10H2. The van der Waals surface area contributed by atoms with Crippen LogP contribution in [0.1, 0.15) is 24.0 Å². The van der Waals surface area contributed by atoms with Crippen LogP contribution in [0.25, 0.3) is 5.57 Å². The molecule has 92 valence electrons. The molecule has 0 aromatic heterocycles. The minimum absolute atomic E-state index is 0.261. The summed E-state index contributed by atoms with van der Waals surface area (Å²) in [6.45, 7) is 1.20. The Hall–Kier alpha value is -0.670. The van der Waals surface area contributed by atoms with Crippen molar-refractivity contribution < 1.29 is 9.13 Å². The molecule has 0 atom stereocenters. The predicted octanol–water partition coefficient (Wildman–Crippen LogP) is 4.15. The predicted molar refractivity (Wildman–Crippen MR) is 71.9 cm³/mol. The van der Waals surface area contributed by atoms with Crippen LogP contribution in [0.5, 0.6) is 0 Å². The van der Waals surface area contributed by atoms with E-state index in [0.29, 0.717) is 13.0 Å². The normalized spacial score (nSPS) is 15.8. The summed E-state index contributed by atoms with van der Waals surface area (Å²) in [5, 5.41) is 0. The molecule has 1 aliphatic heterocycles. The fourth-order valence-electron chi connectivity index (χ4n) is 2.13. The number of alkyl halides is 1. The van der Waals surface area contributed by atoms with Gasteiger partial charge < -0.3 is 4.74 Å². The highest BCUT2D eigenvalue weighted by Gasteiger charge is 2.12. The van der Waals surface area contributed by atoms with Crippen LogP contribution in [0.15, 0.2) is 28.7 Å². The van der Waals surface area contributed by atoms with Gasteiger partial charge >= 0.3 is 0 Å². The number of halogens is 2. The highest BCUT2D eigenvalue weighted by molar-refractivity contribution is 9.10. The van der Waals surface area contributed by atoms with Crippen molar-refractivity contribution in [2.24, 2.45) is 0 Å². The topological polar surface area (TPSA) is 9.23 Å². The third-order valence-electron chi connectivity index (χ3n) is 2.99. The van der Waals surface area contributed by atoms with Crippen LogP contribution < -0.4 is 0 Å². The molecule has 2 rings (SSSR count). The second-order valence-electron chi connectivity index (χ2n) is 4.11. The molecule has 0 radical (unpaired) electrons. The first-order chi connectivity index (χ1) is 8.33. The van der Waals surface area contributed by atoms with Crippen LogP contribution in [0.4, 0.5) is 4.39 Å². The van der Waals surface area contributed by atoms with Crippen molar-refractivity contribution in [3.63, 3.8) is 0 Å². The van der Waals surface area contributed by atoms with E-state index in [1.165, 1.54) is 16.7 Å². The van der Waals surface area contributed by atoms with Gasteiger partial charge in [0.05, 0.1) is 19.9 Å². The van der Waals surface area contributed by atoms with Crippen LogP contribution >= 0.6 is 15.9 Å². The molecule has 0 spiro atoms. The minimum Gasteiger partial charge on any atom is -0.377 e. The largest absolute Gasteiger partial charge is 0.377 e. The third-order valence-corrected chi connectivity index (χ3v) is 3.73. The van der Waals surface area contributed by atoms with E-state index < -0.39 is 0 Å². The second-order valence-corrected chi connectivity index (χ2v) is 4.97. The summed E-state index contributed by atoms with van der Waals surface area (Å²) in [5.41, 5.74) is 3.79. The Bertz CT molecular complexity index is 415. The molecular weight excluding hydrogens is 283 g/mol. The van der Waals surface area contributed by atoms with Gasteiger partial charge in [0, 0.05) is 4.47 Å². The van der Waals surface area contributed by atoms with Gasteiger partial charge in [-0.05, 0) is 42.0 Å². The molecular formula is C14H16BrFO. The fraction of sp³-hybridized carbons (Fsp3) is 0.429. The lowest BCUT2D eigenvalue weighted by molar-refractivity contribution is 0.161. The summed E-state index contributed by atoms with van der Waals surface area (Å²) < 4.78 is 18.7. The van der Waals surface area contributed by atoms with Crippen LogP contribution in [0.3, 0.4) is 0 Å². The van der Waals surface area contributed by atoms with Crippen LogP contribution in [-0.2, 0) is 11.2 Å². The average molecular weight is 299 g/mol. The number of hydrogen-bond donors (Lipinski definition) is 0. The van der Waals surface area contributed by atoms with Gasteiger partial charge in [0.25, 0.3) is 0 Å². The molecule has 1 aromatic rings. The molecule has 3 heteroatoms. The van der Waals surface area contributed by atoms with E-state index >= 15 is 0 Å².